The molecule has 2 aromatic rings. The van der Waals surface area contributed by atoms with Crippen molar-refractivity contribution in [1.29, 1.82) is 0 Å². The van der Waals surface area contributed by atoms with Gasteiger partial charge in [0.05, 0.1) is 11.6 Å². The molecule has 40 heavy (non-hydrogen) atoms. The predicted octanol–water partition coefficient (Wildman–Crippen LogP) is 1.23. The number of hydrogen-bond donors (Lipinski definition) is 5. The summed E-state index contributed by atoms with van der Waals surface area (Å²) in [5, 5.41) is 5.37. The lowest BCUT2D eigenvalue weighted by Crippen LogP contribution is -2.52. The molecule has 4 unspecified atom stereocenters. The van der Waals surface area contributed by atoms with Crippen LogP contribution >= 0.6 is 0 Å². The second-order valence-corrected chi connectivity index (χ2v) is 10.1. The van der Waals surface area contributed by atoms with E-state index in [0.717, 1.165) is 23.3 Å². The molecule has 9 nitrogen and oxygen atoms in total. The van der Waals surface area contributed by atoms with Gasteiger partial charge in [-0.25, -0.2) is 0 Å². The van der Waals surface area contributed by atoms with Gasteiger partial charge in [-0.15, -0.1) is 0 Å². The van der Waals surface area contributed by atoms with Gasteiger partial charge >= 0.3 is 6.18 Å². The first-order chi connectivity index (χ1) is 18.8. The Morgan fingerprint density at radius 2 is 1.52 bits per heavy atom. The van der Waals surface area contributed by atoms with Crippen LogP contribution in [0.2, 0.25) is 0 Å². The van der Waals surface area contributed by atoms with Crippen molar-refractivity contribution in [2.45, 2.75) is 62.6 Å². The maximum absolute atomic E-state index is 13.0. The molecule has 3 rings (SSSR count). The maximum atomic E-state index is 13.0. The minimum Gasteiger partial charge on any atom is -0.350 e. The Bertz CT molecular complexity index is 1150. The van der Waals surface area contributed by atoms with E-state index < -0.39 is 35.6 Å². The lowest BCUT2D eigenvalue weighted by molar-refractivity contribution is -0.137. The van der Waals surface area contributed by atoms with Gasteiger partial charge in [0, 0.05) is 75.7 Å². The molecule has 1 saturated heterocycles. The molecule has 216 valence electrons. The fourth-order valence-corrected chi connectivity index (χ4v) is 4.34. The third-order valence-electron chi connectivity index (χ3n) is 6.85. The molecular weight excluding hydrogens is 525 g/mol. The summed E-state index contributed by atoms with van der Waals surface area (Å²) in [6, 6.07) is 8.94. The van der Waals surface area contributed by atoms with Crippen molar-refractivity contribution in [2.75, 3.05) is 13.1 Å². The minimum atomic E-state index is -4.49. The highest BCUT2D eigenvalue weighted by atomic mass is 19.4. The zero-order chi connectivity index (χ0) is 29.4. The Balaban J connectivity index is 1.59. The highest BCUT2D eigenvalue weighted by Crippen LogP contribution is 2.29. The SMILES string of the molecule is [CH2+]c1ccc(CNC(=O)C(Cc2ccc(C(F)(F)F)cc2)NC(=O)C(N)CCCC(=O)N2CC(N)C(N)C2)cc1. The van der Waals surface area contributed by atoms with Crippen LogP contribution in [0, 0.1) is 6.92 Å². The van der Waals surface area contributed by atoms with E-state index in [-0.39, 0.29) is 43.8 Å². The van der Waals surface area contributed by atoms with E-state index in [4.69, 9.17) is 17.2 Å². The Morgan fingerprint density at radius 1 is 0.950 bits per heavy atom. The largest absolute Gasteiger partial charge is 0.416 e. The lowest BCUT2D eigenvalue weighted by atomic mass is 10.0. The van der Waals surface area contributed by atoms with Gasteiger partial charge in [0.25, 0.3) is 0 Å². The van der Waals surface area contributed by atoms with E-state index in [0.29, 0.717) is 25.1 Å². The minimum absolute atomic E-state index is 0.0474. The fourth-order valence-electron chi connectivity index (χ4n) is 4.34. The number of nitrogens with two attached hydrogens (primary N) is 3. The van der Waals surface area contributed by atoms with Crippen molar-refractivity contribution in [3.63, 3.8) is 0 Å². The lowest BCUT2D eigenvalue weighted by Gasteiger charge is -2.21. The number of benzene rings is 2. The number of rotatable bonds is 11. The van der Waals surface area contributed by atoms with Crippen LogP contribution in [0.1, 0.15) is 41.5 Å². The average Bonchev–Trinajstić information content (AvgIpc) is 3.25. The van der Waals surface area contributed by atoms with E-state index in [1.54, 1.807) is 29.2 Å². The van der Waals surface area contributed by atoms with Crippen LogP contribution in [0.15, 0.2) is 48.5 Å². The molecule has 0 radical (unpaired) electrons. The number of likely N-dealkylation sites (tertiary alicyclic amines) is 1. The van der Waals surface area contributed by atoms with Gasteiger partial charge in [-0.1, -0.05) is 12.1 Å². The molecule has 0 bridgehead atoms. The fraction of sp³-hybridized carbons (Fsp3) is 0.429. The molecule has 3 amide bonds. The standard InChI is InChI=1S/C28H35F3N6O3/c1-17-5-7-19(8-6-17)14-35-27(40)24(13-18-9-11-20(12-10-18)28(29,30)31)36-26(39)21(32)3-2-4-25(38)37-15-22(33)23(34)16-37/h5-12,21-24H,1-4,13-16,32-34H2,(H-,35,36,39,40)/p+1. The van der Waals surface area contributed by atoms with Crippen LogP contribution < -0.4 is 27.8 Å². The molecule has 2 aromatic carbocycles. The van der Waals surface area contributed by atoms with E-state index in [9.17, 15) is 27.6 Å². The quantitative estimate of drug-likeness (QED) is 0.260. The van der Waals surface area contributed by atoms with E-state index in [1.807, 2.05) is 0 Å². The first kappa shape index (κ1) is 30.9. The number of halogens is 3. The summed E-state index contributed by atoms with van der Waals surface area (Å²) in [7, 11) is 0. The van der Waals surface area contributed by atoms with Crippen molar-refractivity contribution >= 4 is 17.7 Å². The molecule has 1 heterocycles. The van der Waals surface area contributed by atoms with Crippen molar-refractivity contribution in [3.8, 4) is 0 Å². The van der Waals surface area contributed by atoms with Gasteiger partial charge in [0.2, 0.25) is 17.7 Å². The third kappa shape index (κ3) is 8.97. The number of carbonyl (C=O) groups excluding carboxylic acids is 3. The van der Waals surface area contributed by atoms with Crippen molar-refractivity contribution < 1.29 is 27.6 Å². The summed E-state index contributed by atoms with van der Waals surface area (Å²) in [5.74, 6) is -1.25. The van der Waals surface area contributed by atoms with Crippen molar-refractivity contribution in [2.24, 2.45) is 17.2 Å². The third-order valence-corrected chi connectivity index (χ3v) is 6.85. The summed E-state index contributed by atoms with van der Waals surface area (Å²) in [4.78, 5) is 39.9. The van der Waals surface area contributed by atoms with Crippen LogP contribution in [0.5, 0.6) is 0 Å². The summed E-state index contributed by atoms with van der Waals surface area (Å²) in [6.45, 7) is 4.75. The first-order valence-corrected chi connectivity index (χ1v) is 13.0. The summed E-state index contributed by atoms with van der Waals surface area (Å²) in [5.41, 5.74) is 19.0. The Morgan fingerprint density at radius 3 is 2.10 bits per heavy atom. The van der Waals surface area contributed by atoms with Gasteiger partial charge < -0.3 is 32.7 Å². The van der Waals surface area contributed by atoms with Gasteiger partial charge in [-0.05, 0) is 36.1 Å². The molecule has 0 spiro atoms. The number of amides is 3. The van der Waals surface area contributed by atoms with E-state index >= 15 is 0 Å². The zero-order valence-electron chi connectivity index (χ0n) is 22.1. The van der Waals surface area contributed by atoms with Crippen molar-refractivity contribution in [3.05, 3.63) is 77.7 Å². The molecule has 8 N–H and O–H groups in total. The molecular formula is C28H36F3N6O3+. The highest BCUT2D eigenvalue weighted by Gasteiger charge is 2.31. The number of carbonyl (C=O) groups is 3. The van der Waals surface area contributed by atoms with Crippen LogP contribution in [0.4, 0.5) is 13.2 Å². The van der Waals surface area contributed by atoms with Crippen molar-refractivity contribution in [1.82, 2.24) is 15.5 Å². The average molecular weight is 562 g/mol. The zero-order valence-corrected chi connectivity index (χ0v) is 22.1. The van der Waals surface area contributed by atoms with Gasteiger partial charge in [-0.3, -0.25) is 14.4 Å². The smallest absolute Gasteiger partial charge is 0.350 e. The van der Waals surface area contributed by atoms with E-state index in [2.05, 4.69) is 17.6 Å². The van der Waals surface area contributed by atoms with Crippen LogP contribution in [-0.4, -0.2) is 59.9 Å². The van der Waals surface area contributed by atoms with Crippen LogP contribution in [-0.2, 0) is 33.5 Å². The van der Waals surface area contributed by atoms with E-state index in [1.165, 1.54) is 12.1 Å². The molecule has 4 atom stereocenters. The predicted molar refractivity (Wildman–Crippen MR) is 144 cm³/mol. The number of nitrogens with zero attached hydrogens (tertiary/aromatic N) is 1. The number of alkyl halides is 3. The summed E-state index contributed by atoms with van der Waals surface area (Å²) in [6.07, 6.45) is -3.84. The summed E-state index contributed by atoms with van der Waals surface area (Å²) >= 11 is 0. The Hall–Kier alpha value is -3.61. The second-order valence-electron chi connectivity index (χ2n) is 10.1. The molecule has 1 aliphatic rings. The second kappa shape index (κ2) is 13.6. The molecule has 1 fully saturated rings. The topological polar surface area (TPSA) is 157 Å². The van der Waals surface area contributed by atoms with Gasteiger partial charge in [0.1, 0.15) is 11.6 Å². The molecule has 0 aromatic heterocycles. The normalized spacial score (nSPS) is 18.7. The number of hydrogen-bond acceptors (Lipinski definition) is 6. The van der Waals surface area contributed by atoms with Crippen LogP contribution in [0.25, 0.3) is 0 Å². The molecule has 1 aliphatic heterocycles. The maximum Gasteiger partial charge on any atom is 0.416 e. The molecule has 0 saturated carbocycles. The molecule has 12 heteroatoms. The number of nitrogens with one attached hydrogen (secondary N) is 2. The highest BCUT2D eigenvalue weighted by molar-refractivity contribution is 5.90. The molecule has 0 aliphatic carbocycles. The van der Waals surface area contributed by atoms with Crippen LogP contribution in [0.3, 0.4) is 0 Å². The van der Waals surface area contributed by atoms with Gasteiger partial charge in [-0.2, -0.15) is 13.2 Å². The van der Waals surface area contributed by atoms with Gasteiger partial charge in [0.15, 0.2) is 0 Å². The Labute approximate surface area is 231 Å². The monoisotopic (exact) mass is 561 g/mol. The Kier molecular flexibility index (Phi) is 10.5. The first-order valence-electron chi connectivity index (χ1n) is 13.0. The summed E-state index contributed by atoms with van der Waals surface area (Å²) < 4.78 is 38.9.